The summed E-state index contributed by atoms with van der Waals surface area (Å²) < 4.78 is 25.3. The maximum absolute atomic E-state index is 12.3. The van der Waals surface area contributed by atoms with Crippen LogP contribution >= 0.6 is 0 Å². The summed E-state index contributed by atoms with van der Waals surface area (Å²) >= 11 is 0. The molecule has 0 aliphatic rings. The van der Waals surface area contributed by atoms with Crippen molar-refractivity contribution in [3.05, 3.63) is 49.6 Å². The Balaban J connectivity index is 3.28. The van der Waals surface area contributed by atoms with Gasteiger partial charge in [0.2, 0.25) is 5.91 Å². The van der Waals surface area contributed by atoms with E-state index >= 15 is 0 Å². The lowest BCUT2D eigenvalue weighted by Crippen LogP contribution is -2.36. The Kier molecular flexibility index (Phi) is 4.88. The summed E-state index contributed by atoms with van der Waals surface area (Å²) in [6, 6.07) is 5.45. The van der Waals surface area contributed by atoms with Crippen LogP contribution in [0.5, 0.6) is 5.75 Å². The maximum atomic E-state index is 12.3. The average molecular weight is 281 g/mol. The van der Waals surface area contributed by atoms with Gasteiger partial charge in [-0.15, -0.1) is 13.2 Å². The zero-order chi connectivity index (χ0) is 14.5. The Morgan fingerprint density at radius 1 is 1.26 bits per heavy atom. The van der Waals surface area contributed by atoms with E-state index in [1.165, 1.54) is 36.4 Å². The van der Waals surface area contributed by atoms with Crippen LogP contribution in [-0.4, -0.2) is 30.3 Å². The Hall–Kier alpha value is -2.08. The van der Waals surface area contributed by atoms with E-state index in [0.29, 0.717) is 4.31 Å². The van der Waals surface area contributed by atoms with E-state index in [9.17, 15) is 18.3 Å². The number of hydrogen-bond donors (Lipinski definition) is 1. The molecule has 6 heteroatoms. The second-order valence-electron chi connectivity index (χ2n) is 3.68. The molecule has 102 valence electrons. The number of hydrogen-bond acceptors (Lipinski definition) is 4. The number of phenolic OH excluding ortho intramolecular Hbond substituents is 1. The fraction of sp³-hybridized carbons (Fsp3) is 0.154. The molecule has 0 saturated heterocycles. The lowest BCUT2D eigenvalue weighted by atomic mass is 10.3. The number of phenols is 1. The first kappa shape index (κ1) is 15.0. The topological polar surface area (TPSA) is 74.7 Å². The smallest absolute Gasteiger partial charge is 0.270 e. The van der Waals surface area contributed by atoms with Crippen molar-refractivity contribution in [3.8, 4) is 5.75 Å². The molecule has 0 aromatic heterocycles. The fourth-order valence-corrected chi connectivity index (χ4v) is 2.94. The van der Waals surface area contributed by atoms with Gasteiger partial charge in [-0.25, -0.2) is 12.7 Å². The van der Waals surface area contributed by atoms with Crippen LogP contribution in [0.2, 0.25) is 0 Å². The monoisotopic (exact) mass is 281 g/mol. The highest BCUT2D eigenvalue weighted by Gasteiger charge is 2.29. The molecule has 1 amide bonds. The second-order valence-corrected chi connectivity index (χ2v) is 5.51. The molecular weight excluding hydrogens is 266 g/mol. The van der Waals surface area contributed by atoms with E-state index in [1.807, 2.05) is 0 Å². The Labute approximate surface area is 112 Å². The van der Waals surface area contributed by atoms with Gasteiger partial charge in [-0.1, -0.05) is 24.3 Å². The van der Waals surface area contributed by atoms with Crippen molar-refractivity contribution in [2.75, 3.05) is 6.54 Å². The van der Waals surface area contributed by atoms with Gasteiger partial charge < -0.3 is 5.11 Å². The average Bonchev–Trinajstić information content (AvgIpc) is 2.36. The van der Waals surface area contributed by atoms with E-state index in [0.717, 1.165) is 0 Å². The zero-order valence-corrected chi connectivity index (χ0v) is 11.1. The first-order chi connectivity index (χ1) is 8.95. The minimum absolute atomic E-state index is 0.110. The lowest BCUT2D eigenvalue weighted by molar-refractivity contribution is -0.125. The van der Waals surface area contributed by atoms with Crippen molar-refractivity contribution in [2.24, 2.45) is 0 Å². The zero-order valence-electron chi connectivity index (χ0n) is 10.3. The Morgan fingerprint density at radius 2 is 1.89 bits per heavy atom. The number of sulfonamides is 1. The number of aromatic hydroxyl groups is 1. The van der Waals surface area contributed by atoms with Gasteiger partial charge in [-0.05, 0) is 12.1 Å². The molecule has 19 heavy (non-hydrogen) atoms. The molecule has 0 radical (unpaired) electrons. The van der Waals surface area contributed by atoms with Crippen molar-refractivity contribution in [1.82, 2.24) is 4.31 Å². The third kappa shape index (κ3) is 3.23. The highest BCUT2D eigenvalue weighted by molar-refractivity contribution is 7.89. The predicted octanol–water partition coefficient (Wildman–Crippen LogP) is 1.67. The first-order valence-corrected chi connectivity index (χ1v) is 6.94. The third-order valence-electron chi connectivity index (χ3n) is 2.33. The van der Waals surface area contributed by atoms with Gasteiger partial charge in [0, 0.05) is 6.42 Å². The van der Waals surface area contributed by atoms with Crippen molar-refractivity contribution >= 4 is 15.9 Å². The lowest BCUT2D eigenvalue weighted by Gasteiger charge is -2.21. The van der Waals surface area contributed by atoms with Crippen LogP contribution in [0.1, 0.15) is 6.42 Å². The fourth-order valence-electron chi connectivity index (χ4n) is 1.47. The number of amides is 1. The molecule has 0 fully saturated rings. The summed E-state index contributed by atoms with van der Waals surface area (Å²) in [6.45, 7) is 6.66. The van der Waals surface area contributed by atoms with Crippen molar-refractivity contribution < 1.29 is 18.3 Å². The molecule has 1 aromatic carbocycles. The minimum atomic E-state index is -4.10. The maximum Gasteiger partial charge on any atom is 0.270 e. The molecule has 1 rings (SSSR count). The van der Waals surface area contributed by atoms with Crippen molar-refractivity contribution in [2.45, 2.75) is 11.3 Å². The molecular formula is C13H15NO4S. The van der Waals surface area contributed by atoms with Gasteiger partial charge in [-0.3, -0.25) is 4.79 Å². The van der Waals surface area contributed by atoms with Gasteiger partial charge in [0.15, 0.2) is 0 Å². The molecule has 0 aliphatic carbocycles. The van der Waals surface area contributed by atoms with Crippen LogP contribution in [0.4, 0.5) is 0 Å². The van der Waals surface area contributed by atoms with E-state index in [2.05, 4.69) is 13.2 Å². The van der Waals surface area contributed by atoms with Gasteiger partial charge in [0.05, 0.1) is 6.54 Å². The molecule has 0 aliphatic heterocycles. The number of rotatable bonds is 6. The molecule has 5 nitrogen and oxygen atoms in total. The van der Waals surface area contributed by atoms with Crippen LogP contribution < -0.4 is 0 Å². The number of para-hydroxylation sites is 1. The molecule has 0 saturated carbocycles. The van der Waals surface area contributed by atoms with Crippen molar-refractivity contribution in [1.29, 1.82) is 0 Å². The number of nitrogens with zero attached hydrogens (tertiary/aromatic N) is 1. The number of carbonyl (C=O) groups excluding carboxylic acids is 1. The quantitative estimate of drug-likeness (QED) is 0.805. The summed E-state index contributed by atoms with van der Waals surface area (Å²) in [5, 5.41) is 9.61. The molecule has 0 spiro atoms. The SMILES string of the molecule is C=CCC(=O)N(CC=C)S(=O)(=O)c1ccccc1O. The molecule has 0 atom stereocenters. The summed E-state index contributed by atoms with van der Waals surface area (Å²) in [7, 11) is -4.10. The van der Waals surface area contributed by atoms with Gasteiger partial charge in [0.1, 0.15) is 10.6 Å². The largest absolute Gasteiger partial charge is 0.507 e. The normalized spacial score (nSPS) is 10.7. The molecule has 1 N–H and O–H groups in total. The Morgan fingerprint density at radius 3 is 2.42 bits per heavy atom. The highest BCUT2D eigenvalue weighted by atomic mass is 32.2. The predicted molar refractivity (Wildman–Crippen MR) is 72.0 cm³/mol. The van der Waals surface area contributed by atoms with Crippen LogP contribution in [0, 0.1) is 0 Å². The number of benzene rings is 1. The highest BCUT2D eigenvalue weighted by Crippen LogP contribution is 2.25. The van der Waals surface area contributed by atoms with E-state index in [-0.39, 0.29) is 17.9 Å². The molecule has 0 bridgehead atoms. The summed E-state index contributed by atoms with van der Waals surface area (Å²) in [6.07, 6.45) is 2.51. The summed E-state index contributed by atoms with van der Waals surface area (Å²) in [5.41, 5.74) is 0. The van der Waals surface area contributed by atoms with Gasteiger partial charge in [-0.2, -0.15) is 0 Å². The van der Waals surface area contributed by atoms with Crippen molar-refractivity contribution in [3.63, 3.8) is 0 Å². The molecule has 0 heterocycles. The standard InChI is InChI=1S/C13H15NO4S/c1-3-7-13(16)14(10-4-2)19(17,18)12-9-6-5-8-11(12)15/h3-6,8-9,15H,1-2,7,10H2. The van der Waals surface area contributed by atoms with Gasteiger partial charge in [0.25, 0.3) is 10.0 Å². The first-order valence-electron chi connectivity index (χ1n) is 5.50. The van der Waals surface area contributed by atoms with Crippen LogP contribution in [0.3, 0.4) is 0 Å². The summed E-state index contributed by atoms with van der Waals surface area (Å²) in [5.74, 6) is -1.03. The van der Waals surface area contributed by atoms with E-state index < -0.39 is 21.7 Å². The van der Waals surface area contributed by atoms with Gasteiger partial charge >= 0.3 is 0 Å². The van der Waals surface area contributed by atoms with E-state index in [4.69, 9.17) is 0 Å². The third-order valence-corrected chi connectivity index (χ3v) is 4.16. The Bertz CT molecular complexity index is 592. The number of carbonyl (C=O) groups is 1. The minimum Gasteiger partial charge on any atom is -0.507 e. The molecule has 1 aromatic rings. The van der Waals surface area contributed by atoms with Crippen LogP contribution in [0.15, 0.2) is 54.5 Å². The molecule has 0 unspecified atom stereocenters. The summed E-state index contributed by atoms with van der Waals surface area (Å²) in [4.78, 5) is 11.5. The second kappa shape index (κ2) is 6.19. The van der Waals surface area contributed by atoms with E-state index in [1.54, 1.807) is 0 Å². The van der Waals surface area contributed by atoms with Crippen LogP contribution in [0.25, 0.3) is 0 Å². The van der Waals surface area contributed by atoms with Crippen LogP contribution in [-0.2, 0) is 14.8 Å².